The fourth-order valence-electron chi connectivity index (χ4n) is 5.47. The van der Waals surface area contributed by atoms with E-state index in [1.807, 2.05) is 11.0 Å². The number of benzene rings is 2. The smallest absolute Gasteiger partial charge is 0.338 e. The topological polar surface area (TPSA) is 65.1 Å². The summed E-state index contributed by atoms with van der Waals surface area (Å²) in [6.45, 7) is 3.87. The molecule has 5 rings (SSSR count). The Hall–Kier alpha value is -3.01. The molecule has 2 fully saturated rings. The predicted octanol–water partition coefficient (Wildman–Crippen LogP) is 4.53. The van der Waals surface area contributed by atoms with Crippen LogP contribution in [-0.2, 0) is 12.6 Å². The SMILES string of the molecule is O=C(c1ccc2[nH]nnc2c1)N1C[C@H]2CCN(CCCc3ccc(F)cc3C(F)(F)F)CC[C@H]2C1. The van der Waals surface area contributed by atoms with Gasteiger partial charge in [0, 0.05) is 18.7 Å². The van der Waals surface area contributed by atoms with Gasteiger partial charge < -0.3 is 9.80 Å². The third-order valence-corrected chi connectivity index (χ3v) is 7.37. The lowest BCUT2D eigenvalue weighted by Crippen LogP contribution is -2.31. The first-order chi connectivity index (χ1) is 16.8. The van der Waals surface area contributed by atoms with Crippen LogP contribution in [0.5, 0.6) is 0 Å². The van der Waals surface area contributed by atoms with Gasteiger partial charge in [0.2, 0.25) is 0 Å². The number of amides is 1. The van der Waals surface area contributed by atoms with Gasteiger partial charge >= 0.3 is 6.18 Å². The Kier molecular flexibility index (Phi) is 6.48. The number of aryl methyl sites for hydroxylation is 1. The van der Waals surface area contributed by atoms with Gasteiger partial charge in [-0.25, -0.2) is 4.39 Å². The van der Waals surface area contributed by atoms with Gasteiger partial charge in [0.1, 0.15) is 11.3 Å². The largest absolute Gasteiger partial charge is 0.416 e. The summed E-state index contributed by atoms with van der Waals surface area (Å²) in [5, 5.41) is 10.5. The van der Waals surface area contributed by atoms with Crippen molar-refractivity contribution >= 4 is 16.9 Å². The summed E-state index contributed by atoms with van der Waals surface area (Å²) in [6, 6.07) is 8.30. The van der Waals surface area contributed by atoms with Crippen LogP contribution < -0.4 is 0 Å². The van der Waals surface area contributed by atoms with Crippen molar-refractivity contribution in [3.05, 3.63) is 58.9 Å². The number of alkyl halides is 3. The van der Waals surface area contributed by atoms with Crippen LogP contribution in [0.2, 0.25) is 0 Å². The Balaban J connectivity index is 1.13. The van der Waals surface area contributed by atoms with Gasteiger partial charge in [0.05, 0.1) is 11.1 Å². The van der Waals surface area contributed by atoms with Crippen molar-refractivity contribution in [3.63, 3.8) is 0 Å². The fraction of sp³-hybridized carbons (Fsp3) is 0.480. The highest BCUT2D eigenvalue weighted by Gasteiger charge is 2.37. The number of hydrogen-bond donors (Lipinski definition) is 1. The van der Waals surface area contributed by atoms with Crippen molar-refractivity contribution in [2.75, 3.05) is 32.7 Å². The van der Waals surface area contributed by atoms with E-state index in [0.29, 0.717) is 41.9 Å². The summed E-state index contributed by atoms with van der Waals surface area (Å²) in [7, 11) is 0. The molecule has 2 aromatic carbocycles. The number of likely N-dealkylation sites (tertiary alicyclic amines) is 2. The molecule has 1 amide bonds. The molecule has 2 atom stereocenters. The van der Waals surface area contributed by atoms with Crippen LogP contribution >= 0.6 is 0 Å². The number of aromatic nitrogens is 3. The normalized spacial score (nSPS) is 21.3. The maximum absolute atomic E-state index is 13.3. The Labute approximate surface area is 200 Å². The molecule has 6 nitrogen and oxygen atoms in total. The van der Waals surface area contributed by atoms with Gasteiger partial charge in [-0.2, -0.15) is 13.2 Å². The van der Waals surface area contributed by atoms with E-state index in [1.54, 1.807) is 12.1 Å². The number of fused-ring (bicyclic) bond motifs is 2. The average Bonchev–Trinajstić information content (AvgIpc) is 3.42. The van der Waals surface area contributed by atoms with Crippen LogP contribution in [0.4, 0.5) is 17.6 Å². The molecule has 0 spiro atoms. The molecule has 35 heavy (non-hydrogen) atoms. The second-order valence-corrected chi connectivity index (χ2v) is 9.60. The van der Waals surface area contributed by atoms with Gasteiger partial charge in [-0.05, 0) is 93.0 Å². The molecular weight excluding hydrogens is 462 g/mol. The summed E-state index contributed by atoms with van der Waals surface area (Å²) in [6.07, 6.45) is -1.79. The first-order valence-corrected chi connectivity index (χ1v) is 12.0. The molecule has 186 valence electrons. The molecule has 0 saturated carbocycles. The third kappa shape index (κ3) is 5.17. The zero-order valence-corrected chi connectivity index (χ0v) is 19.2. The maximum Gasteiger partial charge on any atom is 0.416 e. The number of carbonyl (C=O) groups excluding carboxylic acids is 1. The van der Waals surface area contributed by atoms with Crippen molar-refractivity contribution in [2.45, 2.75) is 31.9 Å². The van der Waals surface area contributed by atoms with Crippen molar-refractivity contribution in [3.8, 4) is 0 Å². The first kappa shape index (κ1) is 23.7. The summed E-state index contributed by atoms with van der Waals surface area (Å²) >= 11 is 0. The number of halogens is 4. The standard InChI is InChI=1S/C25H27F4N5O/c26-20-5-3-16(21(13-20)25(27,28)29)2-1-9-33-10-7-18-14-34(15-19(18)8-11-33)24(35)17-4-6-22-23(12-17)31-32-30-22/h3-6,12-13,18-19H,1-2,7-11,14-15H2,(H,30,31,32)/t18-,19+. The minimum Gasteiger partial charge on any atom is -0.338 e. The van der Waals surface area contributed by atoms with E-state index in [9.17, 15) is 22.4 Å². The van der Waals surface area contributed by atoms with Crippen molar-refractivity contribution in [2.24, 2.45) is 11.8 Å². The Bertz CT molecular complexity index is 1190. The Morgan fingerprint density at radius 3 is 2.51 bits per heavy atom. The lowest BCUT2D eigenvalue weighted by Gasteiger charge is -2.22. The lowest BCUT2D eigenvalue weighted by atomic mass is 9.92. The number of aromatic amines is 1. The lowest BCUT2D eigenvalue weighted by molar-refractivity contribution is -0.138. The van der Waals surface area contributed by atoms with E-state index < -0.39 is 17.6 Å². The second kappa shape index (κ2) is 9.56. The van der Waals surface area contributed by atoms with Gasteiger partial charge in [-0.3, -0.25) is 9.89 Å². The zero-order chi connectivity index (χ0) is 24.6. The quantitative estimate of drug-likeness (QED) is 0.535. The zero-order valence-electron chi connectivity index (χ0n) is 19.2. The minimum absolute atomic E-state index is 0.0135. The first-order valence-electron chi connectivity index (χ1n) is 12.0. The van der Waals surface area contributed by atoms with E-state index >= 15 is 0 Å². The summed E-state index contributed by atoms with van der Waals surface area (Å²) in [5.74, 6) is -0.00623. The van der Waals surface area contributed by atoms with Crippen LogP contribution in [0.15, 0.2) is 36.4 Å². The highest BCUT2D eigenvalue weighted by molar-refractivity contribution is 5.97. The predicted molar refractivity (Wildman–Crippen MR) is 122 cm³/mol. The van der Waals surface area contributed by atoms with Gasteiger partial charge in [0.25, 0.3) is 5.91 Å². The second-order valence-electron chi connectivity index (χ2n) is 9.60. The molecule has 0 bridgehead atoms. The fourth-order valence-corrected chi connectivity index (χ4v) is 5.47. The minimum atomic E-state index is -4.55. The summed E-state index contributed by atoms with van der Waals surface area (Å²) in [5.41, 5.74) is 1.34. The third-order valence-electron chi connectivity index (χ3n) is 7.37. The molecule has 1 N–H and O–H groups in total. The van der Waals surface area contributed by atoms with E-state index in [1.165, 1.54) is 6.07 Å². The summed E-state index contributed by atoms with van der Waals surface area (Å²) in [4.78, 5) is 17.3. The van der Waals surface area contributed by atoms with E-state index in [-0.39, 0.29) is 17.9 Å². The van der Waals surface area contributed by atoms with Gasteiger partial charge in [-0.1, -0.05) is 11.3 Å². The molecule has 1 aromatic heterocycles. The number of carbonyl (C=O) groups is 1. The molecular formula is C25H27F4N5O. The molecule has 3 aromatic rings. The highest BCUT2D eigenvalue weighted by atomic mass is 19.4. The number of nitrogens with zero attached hydrogens (tertiary/aromatic N) is 4. The highest BCUT2D eigenvalue weighted by Crippen LogP contribution is 2.34. The molecule has 2 saturated heterocycles. The molecule has 0 radical (unpaired) electrons. The molecule has 10 heteroatoms. The summed E-state index contributed by atoms with van der Waals surface area (Å²) < 4.78 is 53.0. The van der Waals surface area contributed by atoms with Gasteiger partial charge in [0.15, 0.2) is 0 Å². The van der Waals surface area contributed by atoms with Crippen LogP contribution in [-0.4, -0.2) is 63.8 Å². The van der Waals surface area contributed by atoms with Crippen LogP contribution in [0.3, 0.4) is 0 Å². The Morgan fingerprint density at radius 1 is 1.06 bits per heavy atom. The molecule has 0 aliphatic carbocycles. The van der Waals surface area contributed by atoms with Crippen LogP contribution in [0.25, 0.3) is 11.0 Å². The number of nitrogens with one attached hydrogen (secondary N) is 1. The van der Waals surface area contributed by atoms with E-state index in [2.05, 4.69) is 20.3 Å². The van der Waals surface area contributed by atoms with E-state index in [4.69, 9.17) is 0 Å². The number of H-pyrrole nitrogens is 1. The monoisotopic (exact) mass is 489 g/mol. The van der Waals surface area contributed by atoms with Crippen molar-refractivity contribution in [1.29, 1.82) is 0 Å². The molecule has 2 aliphatic rings. The van der Waals surface area contributed by atoms with Crippen molar-refractivity contribution in [1.82, 2.24) is 25.2 Å². The van der Waals surface area contributed by atoms with Gasteiger partial charge in [-0.15, -0.1) is 5.10 Å². The van der Waals surface area contributed by atoms with Crippen molar-refractivity contribution < 1.29 is 22.4 Å². The van der Waals surface area contributed by atoms with E-state index in [0.717, 1.165) is 50.6 Å². The molecule has 2 aliphatic heterocycles. The number of hydrogen-bond acceptors (Lipinski definition) is 4. The number of rotatable bonds is 5. The molecule has 0 unspecified atom stereocenters. The maximum atomic E-state index is 13.3. The van der Waals surface area contributed by atoms with Crippen LogP contribution in [0, 0.1) is 17.7 Å². The Morgan fingerprint density at radius 2 is 1.80 bits per heavy atom. The molecule has 3 heterocycles. The van der Waals surface area contributed by atoms with Crippen LogP contribution in [0.1, 0.15) is 40.7 Å². The average molecular weight is 490 g/mol.